The van der Waals surface area contributed by atoms with E-state index in [9.17, 15) is 4.79 Å². The SMILES string of the molecule is CC(N=Cc1ccc(=O)n(C(C)c2ccccc2)c1C)=Nc1ccc(N2CCCCC(C)CC2)cc1. The van der Waals surface area contributed by atoms with Crippen molar-refractivity contribution in [1.82, 2.24) is 4.57 Å². The van der Waals surface area contributed by atoms with Gasteiger partial charge in [-0.3, -0.25) is 4.79 Å². The van der Waals surface area contributed by atoms with Gasteiger partial charge in [0.1, 0.15) is 5.84 Å². The molecular formula is C31H38N4O. The molecule has 3 aromatic rings. The van der Waals surface area contributed by atoms with Gasteiger partial charge in [0.05, 0.1) is 11.7 Å². The highest BCUT2D eigenvalue weighted by Gasteiger charge is 2.14. The molecule has 0 bridgehead atoms. The average molecular weight is 483 g/mol. The van der Waals surface area contributed by atoms with Gasteiger partial charge in [-0.15, -0.1) is 0 Å². The molecule has 2 unspecified atom stereocenters. The molecule has 0 amide bonds. The van der Waals surface area contributed by atoms with Crippen molar-refractivity contribution in [3.05, 3.63) is 93.9 Å². The molecule has 1 aromatic heterocycles. The largest absolute Gasteiger partial charge is 0.372 e. The lowest BCUT2D eigenvalue weighted by molar-refractivity contribution is 0.438. The molecule has 2 aromatic carbocycles. The van der Waals surface area contributed by atoms with Crippen LogP contribution in [0.3, 0.4) is 0 Å². The van der Waals surface area contributed by atoms with Crippen LogP contribution in [-0.2, 0) is 0 Å². The molecule has 0 saturated carbocycles. The number of hydrogen-bond donors (Lipinski definition) is 0. The maximum Gasteiger partial charge on any atom is 0.251 e. The predicted molar refractivity (Wildman–Crippen MR) is 152 cm³/mol. The number of benzene rings is 2. The summed E-state index contributed by atoms with van der Waals surface area (Å²) in [5.41, 5.74) is 5.06. The zero-order valence-electron chi connectivity index (χ0n) is 22.0. The Hall–Kier alpha value is -3.47. The Morgan fingerprint density at radius 3 is 2.47 bits per heavy atom. The highest BCUT2D eigenvalue weighted by atomic mass is 16.1. The first-order valence-electron chi connectivity index (χ1n) is 13.1. The Kier molecular flexibility index (Phi) is 8.52. The molecule has 5 heteroatoms. The fraction of sp³-hybridized carbons (Fsp3) is 0.387. The van der Waals surface area contributed by atoms with Gasteiger partial charge in [-0.05, 0) is 75.4 Å². The van der Waals surface area contributed by atoms with Gasteiger partial charge in [0.25, 0.3) is 5.56 Å². The van der Waals surface area contributed by atoms with Crippen molar-refractivity contribution in [2.45, 2.75) is 59.4 Å². The fourth-order valence-electron chi connectivity index (χ4n) is 4.97. The summed E-state index contributed by atoms with van der Waals surface area (Å²) < 4.78 is 1.83. The van der Waals surface area contributed by atoms with Crippen molar-refractivity contribution in [3.63, 3.8) is 0 Å². The van der Waals surface area contributed by atoms with E-state index in [0.29, 0.717) is 5.84 Å². The molecule has 0 N–H and O–H groups in total. The topological polar surface area (TPSA) is 50.0 Å². The molecule has 2 heterocycles. The highest BCUT2D eigenvalue weighted by Crippen LogP contribution is 2.24. The standard InChI is InChI=1S/C31H38N4O/c1-23-10-8-9-20-34(21-19-23)30-16-14-29(15-17-30)33-26(4)32-22-28-13-18-31(36)35(25(28)3)24(2)27-11-6-5-7-12-27/h5-7,11-18,22-24H,8-10,19-21H2,1-4H3. The maximum absolute atomic E-state index is 12.7. The Morgan fingerprint density at radius 2 is 1.72 bits per heavy atom. The summed E-state index contributed by atoms with van der Waals surface area (Å²) in [7, 11) is 0. The van der Waals surface area contributed by atoms with Gasteiger partial charge in [-0.1, -0.05) is 50.1 Å². The minimum Gasteiger partial charge on any atom is -0.372 e. The van der Waals surface area contributed by atoms with E-state index < -0.39 is 0 Å². The molecule has 5 nitrogen and oxygen atoms in total. The van der Waals surface area contributed by atoms with Crippen molar-refractivity contribution in [2.75, 3.05) is 18.0 Å². The van der Waals surface area contributed by atoms with E-state index in [0.717, 1.165) is 41.5 Å². The second-order valence-electron chi connectivity index (χ2n) is 9.98. The van der Waals surface area contributed by atoms with Crippen LogP contribution in [-0.4, -0.2) is 29.7 Å². The van der Waals surface area contributed by atoms with Gasteiger partial charge >= 0.3 is 0 Å². The van der Waals surface area contributed by atoms with Crippen molar-refractivity contribution < 1.29 is 0 Å². The van der Waals surface area contributed by atoms with Crippen LogP contribution in [0.4, 0.5) is 11.4 Å². The van der Waals surface area contributed by atoms with Crippen molar-refractivity contribution in [2.24, 2.45) is 15.9 Å². The molecule has 0 spiro atoms. The first-order chi connectivity index (χ1) is 17.4. The Morgan fingerprint density at radius 1 is 0.972 bits per heavy atom. The maximum atomic E-state index is 12.7. The monoisotopic (exact) mass is 482 g/mol. The van der Waals surface area contributed by atoms with Crippen LogP contribution in [0.15, 0.2) is 81.5 Å². The molecule has 1 saturated heterocycles. The summed E-state index contributed by atoms with van der Waals surface area (Å²) in [6, 6.07) is 22.0. The van der Waals surface area contributed by atoms with E-state index in [4.69, 9.17) is 0 Å². The summed E-state index contributed by atoms with van der Waals surface area (Å²) >= 11 is 0. The predicted octanol–water partition coefficient (Wildman–Crippen LogP) is 6.95. The number of hydrogen-bond acceptors (Lipinski definition) is 3. The molecule has 0 radical (unpaired) electrons. The van der Waals surface area contributed by atoms with Crippen LogP contribution in [0.5, 0.6) is 0 Å². The van der Waals surface area contributed by atoms with E-state index in [1.54, 1.807) is 12.3 Å². The Bertz CT molecular complexity index is 1260. The normalized spacial score (nSPS) is 18.2. The van der Waals surface area contributed by atoms with E-state index in [1.807, 2.05) is 54.8 Å². The summed E-state index contributed by atoms with van der Waals surface area (Å²) in [6.45, 7) is 10.5. The van der Waals surface area contributed by atoms with E-state index >= 15 is 0 Å². The number of aliphatic imine (C=N–C) groups is 2. The zero-order chi connectivity index (χ0) is 25.5. The summed E-state index contributed by atoms with van der Waals surface area (Å²) in [5.74, 6) is 1.48. The van der Waals surface area contributed by atoms with Crippen LogP contribution in [0.1, 0.15) is 69.3 Å². The number of aromatic nitrogens is 1. The van der Waals surface area contributed by atoms with Crippen LogP contribution in [0, 0.1) is 12.8 Å². The average Bonchev–Trinajstić information content (AvgIpc) is 2.87. The highest BCUT2D eigenvalue weighted by molar-refractivity contribution is 5.95. The molecule has 1 aliphatic rings. The van der Waals surface area contributed by atoms with Gasteiger partial charge in [0.15, 0.2) is 0 Å². The molecule has 2 atom stereocenters. The van der Waals surface area contributed by atoms with Gasteiger partial charge < -0.3 is 9.47 Å². The van der Waals surface area contributed by atoms with Crippen molar-refractivity contribution in [1.29, 1.82) is 0 Å². The van der Waals surface area contributed by atoms with Crippen LogP contribution in [0.25, 0.3) is 0 Å². The number of pyridine rings is 1. The molecule has 4 rings (SSSR count). The lowest BCUT2D eigenvalue weighted by Gasteiger charge is -2.29. The third-order valence-corrected chi connectivity index (χ3v) is 7.25. The molecular weight excluding hydrogens is 444 g/mol. The van der Waals surface area contributed by atoms with E-state index in [2.05, 4.69) is 53.0 Å². The molecule has 36 heavy (non-hydrogen) atoms. The van der Waals surface area contributed by atoms with E-state index in [-0.39, 0.29) is 11.6 Å². The summed E-state index contributed by atoms with van der Waals surface area (Å²) in [6.07, 6.45) is 6.99. The fourth-order valence-corrected chi connectivity index (χ4v) is 4.97. The number of rotatable bonds is 5. The summed E-state index contributed by atoms with van der Waals surface area (Å²) in [4.78, 5) is 24.5. The second kappa shape index (κ2) is 12.0. The third kappa shape index (κ3) is 6.39. The van der Waals surface area contributed by atoms with Crippen LogP contribution >= 0.6 is 0 Å². The van der Waals surface area contributed by atoms with Crippen LogP contribution < -0.4 is 10.5 Å². The van der Waals surface area contributed by atoms with Gasteiger partial charge in [-0.25, -0.2) is 9.98 Å². The first-order valence-corrected chi connectivity index (χ1v) is 13.1. The minimum absolute atomic E-state index is 0.0130. The number of nitrogens with zero attached hydrogens (tertiary/aromatic N) is 4. The quantitative estimate of drug-likeness (QED) is 0.292. The van der Waals surface area contributed by atoms with Gasteiger partial charge in [0, 0.05) is 42.3 Å². The van der Waals surface area contributed by atoms with Gasteiger partial charge in [0.2, 0.25) is 0 Å². The summed E-state index contributed by atoms with van der Waals surface area (Å²) in [5, 5.41) is 0. The molecule has 1 fully saturated rings. The molecule has 0 aliphatic carbocycles. The molecule has 1 aliphatic heterocycles. The first kappa shape index (κ1) is 25.6. The molecule has 188 valence electrons. The van der Waals surface area contributed by atoms with Crippen LogP contribution in [0.2, 0.25) is 0 Å². The van der Waals surface area contributed by atoms with E-state index in [1.165, 1.54) is 31.4 Å². The Labute approximate surface area is 215 Å². The second-order valence-corrected chi connectivity index (χ2v) is 9.98. The zero-order valence-corrected chi connectivity index (χ0v) is 22.0. The smallest absolute Gasteiger partial charge is 0.251 e. The number of anilines is 1. The van der Waals surface area contributed by atoms with Gasteiger partial charge in [-0.2, -0.15) is 0 Å². The Balaban J connectivity index is 1.48. The minimum atomic E-state index is -0.0582. The number of amidine groups is 1. The third-order valence-electron chi connectivity index (χ3n) is 7.25. The lowest BCUT2D eigenvalue weighted by atomic mass is 9.98. The lowest BCUT2D eigenvalue weighted by Crippen LogP contribution is -2.28. The van der Waals surface area contributed by atoms with Crippen molar-refractivity contribution >= 4 is 23.4 Å². The van der Waals surface area contributed by atoms with Crippen molar-refractivity contribution in [3.8, 4) is 0 Å².